The van der Waals surface area contributed by atoms with Gasteiger partial charge in [0.05, 0.1) is 25.2 Å². The third kappa shape index (κ3) is 3.63. The molecule has 3 rings (SSSR count). The number of aromatic amines is 1. The average molecular weight is 287 g/mol. The summed E-state index contributed by atoms with van der Waals surface area (Å²) < 4.78 is 5.78. The molecule has 0 aromatic carbocycles. The number of H-pyrrole nitrogens is 1. The van der Waals surface area contributed by atoms with E-state index in [0.29, 0.717) is 6.61 Å². The maximum absolute atomic E-state index is 11.2. The smallest absolute Gasteiger partial charge is 0.250 e. The first-order valence-corrected chi connectivity index (χ1v) is 6.97. The molecule has 1 aliphatic rings. The van der Waals surface area contributed by atoms with Gasteiger partial charge in [0.1, 0.15) is 5.82 Å². The van der Waals surface area contributed by atoms with Gasteiger partial charge in [-0.25, -0.2) is 9.97 Å². The van der Waals surface area contributed by atoms with E-state index in [1.807, 2.05) is 0 Å². The first-order valence-electron chi connectivity index (χ1n) is 6.97. The van der Waals surface area contributed by atoms with Crippen LogP contribution in [0.15, 0.2) is 35.8 Å². The molecular formula is C14H17N5O2. The summed E-state index contributed by atoms with van der Waals surface area (Å²) in [7, 11) is 0. The Kier molecular flexibility index (Phi) is 4.20. The van der Waals surface area contributed by atoms with Gasteiger partial charge in [-0.05, 0) is 12.8 Å². The highest BCUT2D eigenvalue weighted by Crippen LogP contribution is 2.16. The zero-order valence-corrected chi connectivity index (χ0v) is 11.6. The highest BCUT2D eigenvalue weighted by molar-refractivity contribution is 5.35. The molecule has 110 valence electrons. The van der Waals surface area contributed by atoms with Crippen LogP contribution in [0.25, 0.3) is 0 Å². The van der Waals surface area contributed by atoms with E-state index >= 15 is 0 Å². The summed E-state index contributed by atoms with van der Waals surface area (Å²) in [5.41, 5.74) is 0.671. The average Bonchev–Trinajstić information content (AvgIpc) is 2.54. The van der Waals surface area contributed by atoms with Crippen molar-refractivity contribution in [3.63, 3.8) is 0 Å². The Hall–Kier alpha value is -2.28. The summed E-state index contributed by atoms with van der Waals surface area (Å²) >= 11 is 0. The molecule has 3 heterocycles. The third-order valence-electron chi connectivity index (χ3n) is 3.47. The number of anilines is 1. The van der Waals surface area contributed by atoms with Gasteiger partial charge in [-0.2, -0.15) is 0 Å². The molecule has 2 aromatic rings. The van der Waals surface area contributed by atoms with E-state index in [4.69, 9.17) is 4.74 Å². The van der Waals surface area contributed by atoms with Crippen LogP contribution in [-0.2, 0) is 11.2 Å². The Balaban J connectivity index is 1.58. The Bertz CT molecular complexity index is 631. The lowest BCUT2D eigenvalue weighted by molar-refractivity contribution is 0.0350. The highest BCUT2D eigenvalue weighted by Gasteiger charge is 2.21. The first-order chi connectivity index (χ1) is 10.3. The van der Waals surface area contributed by atoms with E-state index < -0.39 is 0 Å². The molecule has 1 unspecified atom stereocenters. The predicted molar refractivity (Wildman–Crippen MR) is 77.2 cm³/mol. The Labute approximate surface area is 122 Å². The van der Waals surface area contributed by atoms with Crippen LogP contribution >= 0.6 is 0 Å². The zero-order valence-electron chi connectivity index (χ0n) is 11.6. The van der Waals surface area contributed by atoms with Gasteiger partial charge in [-0.1, -0.05) is 0 Å². The fourth-order valence-electron chi connectivity index (χ4n) is 2.41. The van der Waals surface area contributed by atoms with Crippen molar-refractivity contribution in [2.45, 2.75) is 18.9 Å². The molecule has 0 amide bonds. The summed E-state index contributed by atoms with van der Waals surface area (Å²) in [6, 6.07) is 1.53. The minimum Gasteiger partial charge on any atom is -0.375 e. The molecule has 0 saturated carbocycles. The summed E-state index contributed by atoms with van der Waals surface area (Å²) in [6.07, 6.45) is 8.23. The molecule has 0 radical (unpaired) electrons. The van der Waals surface area contributed by atoms with Gasteiger partial charge in [0.2, 0.25) is 0 Å². The number of ether oxygens (including phenoxy) is 1. The van der Waals surface area contributed by atoms with E-state index in [-0.39, 0.29) is 11.7 Å². The van der Waals surface area contributed by atoms with Gasteiger partial charge >= 0.3 is 0 Å². The van der Waals surface area contributed by atoms with Gasteiger partial charge < -0.3 is 14.6 Å². The van der Waals surface area contributed by atoms with Crippen molar-refractivity contribution in [2.75, 3.05) is 24.6 Å². The molecule has 1 aliphatic heterocycles. The summed E-state index contributed by atoms with van der Waals surface area (Å²) in [5, 5.41) is 0. The summed E-state index contributed by atoms with van der Waals surface area (Å²) in [6.45, 7) is 2.27. The molecule has 0 bridgehead atoms. The van der Waals surface area contributed by atoms with Crippen LogP contribution in [0.1, 0.15) is 12.1 Å². The number of morpholine rings is 1. The van der Waals surface area contributed by atoms with Crippen LogP contribution in [-0.4, -0.2) is 45.7 Å². The SMILES string of the molecule is O=c1cc(CCC2CN(c3cnccn3)CCO2)nc[nH]1. The minimum atomic E-state index is -0.120. The molecule has 21 heavy (non-hydrogen) atoms. The first kappa shape index (κ1) is 13.7. The predicted octanol–water partition coefficient (Wildman–Crippen LogP) is 0.398. The number of rotatable bonds is 4. The van der Waals surface area contributed by atoms with Crippen LogP contribution in [0.4, 0.5) is 5.82 Å². The Morgan fingerprint density at radius 2 is 2.33 bits per heavy atom. The van der Waals surface area contributed by atoms with Crippen LogP contribution in [0.5, 0.6) is 0 Å². The third-order valence-corrected chi connectivity index (χ3v) is 3.47. The molecule has 1 saturated heterocycles. The lowest BCUT2D eigenvalue weighted by Crippen LogP contribution is -2.43. The summed E-state index contributed by atoms with van der Waals surface area (Å²) in [4.78, 5) is 28.5. The van der Waals surface area contributed by atoms with Crippen LogP contribution < -0.4 is 10.5 Å². The second kappa shape index (κ2) is 6.45. The van der Waals surface area contributed by atoms with Gasteiger partial charge in [-0.3, -0.25) is 9.78 Å². The topological polar surface area (TPSA) is 84.0 Å². The van der Waals surface area contributed by atoms with Gasteiger partial charge in [0.15, 0.2) is 0 Å². The highest BCUT2D eigenvalue weighted by atomic mass is 16.5. The number of aromatic nitrogens is 4. The molecule has 7 nitrogen and oxygen atoms in total. The standard InChI is InChI=1S/C14H17N5O2/c20-14-7-11(17-10-18-14)1-2-12-9-19(5-6-21-12)13-8-15-3-4-16-13/h3-4,7-8,10,12H,1-2,5-6,9H2,(H,17,18,20). The number of aryl methyl sites for hydroxylation is 1. The number of hydrogen-bond donors (Lipinski definition) is 1. The lowest BCUT2D eigenvalue weighted by atomic mass is 10.1. The van der Waals surface area contributed by atoms with Gasteiger partial charge in [0.25, 0.3) is 5.56 Å². The Morgan fingerprint density at radius 1 is 1.38 bits per heavy atom. The molecule has 0 spiro atoms. The van der Waals surface area contributed by atoms with Crippen molar-refractivity contribution >= 4 is 5.82 Å². The fraction of sp³-hybridized carbons (Fsp3) is 0.429. The number of nitrogens with one attached hydrogen (secondary N) is 1. The van der Waals surface area contributed by atoms with Crippen molar-refractivity contribution < 1.29 is 4.74 Å². The molecule has 2 aromatic heterocycles. The van der Waals surface area contributed by atoms with Crippen LogP contribution in [0, 0.1) is 0 Å². The van der Waals surface area contributed by atoms with Crippen molar-refractivity contribution in [3.8, 4) is 0 Å². The quantitative estimate of drug-likeness (QED) is 0.876. The maximum atomic E-state index is 11.2. The molecule has 1 fully saturated rings. The number of hydrogen-bond acceptors (Lipinski definition) is 6. The molecule has 1 atom stereocenters. The van der Waals surface area contributed by atoms with E-state index in [2.05, 4.69) is 24.8 Å². The zero-order chi connectivity index (χ0) is 14.5. The molecule has 1 N–H and O–H groups in total. The molecule has 7 heteroatoms. The van der Waals surface area contributed by atoms with Crippen molar-refractivity contribution in [2.24, 2.45) is 0 Å². The van der Waals surface area contributed by atoms with E-state index in [9.17, 15) is 4.79 Å². The van der Waals surface area contributed by atoms with Crippen LogP contribution in [0.2, 0.25) is 0 Å². The fourth-order valence-corrected chi connectivity index (χ4v) is 2.41. The normalized spacial score (nSPS) is 18.7. The van der Waals surface area contributed by atoms with E-state index in [0.717, 1.165) is 37.4 Å². The largest absolute Gasteiger partial charge is 0.375 e. The van der Waals surface area contributed by atoms with Crippen molar-refractivity contribution in [1.29, 1.82) is 0 Å². The lowest BCUT2D eigenvalue weighted by Gasteiger charge is -2.33. The molecular weight excluding hydrogens is 270 g/mol. The molecule has 0 aliphatic carbocycles. The van der Waals surface area contributed by atoms with E-state index in [1.165, 1.54) is 12.4 Å². The Morgan fingerprint density at radius 3 is 3.14 bits per heavy atom. The van der Waals surface area contributed by atoms with E-state index in [1.54, 1.807) is 18.6 Å². The minimum absolute atomic E-state index is 0.113. The monoisotopic (exact) mass is 287 g/mol. The number of nitrogens with zero attached hydrogens (tertiary/aromatic N) is 4. The second-order valence-electron chi connectivity index (χ2n) is 4.94. The summed E-state index contributed by atoms with van der Waals surface area (Å²) in [5.74, 6) is 0.875. The van der Waals surface area contributed by atoms with Gasteiger partial charge in [0, 0.05) is 37.2 Å². The second-order valence-corrected chi connectivity index (χ2v) is 4.94. The van der Waals surface area contributed by atoms with Gasteiger partial charge in [-0.15, -0.1) is 0 Å². The van der Waals surface area contributed by atoms with Crippen LogP contribution in [0.3, 0.4) is 0 Å². The maximum Gasteiger partial charge on any atom is 0.250 e. The van der Waals surface area contributed by atoms with Crippen molar-refractivity contribution in [3.05, 3.63) is 47.0 Å². The van der Waals surface area contributed by atoms with Crippen molar-refractivity contribution in [1.82, 2.24) is 19.9 Å².